The van der Waals surface area contributed by atoms with Gasteiger partial charge < -0.3 is 10.6 Å². The molecule has 0 fully saturated rings. The number of carbonyl (C=O) groups excluding carboxylic acids is 1. The van der Waals surface area contributed by atoms with E-state index in [2.05, 4.69) is 23.9 Å². The molecule has 1 amide bonds. The molecule has 0 atom stereocenters. The molecule has 0 aliphatic heterocycles. The summed E-state index contributed by atoms with van der Waals surface area (Å²) in [7, 11) is 0. The Morgan fingerprint density at radius 1 is 1.12 bits per heavy atom. The van der Waals surface area contributed by atoms with Crippen molar-refractivity contribution in [3.63, 3.8) is 0 Å². The van der Waals surface area contributed by atoms with Gasteiger partial charge in [-0.2, -0.15) is 5.10 Å². The molecule has 2 heterocycles. The van der Waals surface area contributed by atoms with Gasteiger partial charge >= 0.3 is 5.69 Å². The number of hydrogen-bond donors (Lipinski definition) is 2. The van der Waals surface area contributed by atoms with Crippen LogP contribution in [0, 0.1) is 25.7 Å². The number of nitrogens with two attached hydrogens (primary N) is 1. The largest absolute Gasteiger partial charge is 0.383 e. The lowest BCUT2D eigenvalue weighted by Gasteiger charge is -2.25. The highest BCUT2D eigenvalue weighted by molar-refractivity contribution is 5.95. The lowest BCUT2D eigenvalue weighted by molar-refractivity contribution is -0.118. The minimum atomic E-state index is -0.626. The summed E-state index contributed by atoms with van der Waals surface area (Å²) in [5.74, 6) is 0.472. The average Bonchev–Trinajstić information content (AvgIpc) is 2.97. The van der Waals surface area contributed by atoms with E-state index in [0.29, 0.717) is 25.4 Å². The monoisotopic (exact) mass is 460 g/mol. The third-order valence-corrected chi connectivity index (χ3v) is 5.73. The zero-order chi connectivity index (χ0) is 24.9. The van der Waals surface area contributed by atoms with Crippen molar-refractivity contribution in [3.8, 4) is 0 Å². The van der Waals surface area contributed by atoms with E-state index in [1.165, 1.54) is 9.47 Å². The molecule has 2 rings (SSSR count). The number of rotatable bonds is 11. The molecule has 2 aromatic heterocycles. The van der Waals surface area contributed by atoms with Gasteiger partial charge in [-0.25, -0.2) is 4.79 Å². The van der Waals surface area contributed by atoms with E-state index in [-0.39, 0.29) is 29.8 Å². The number of aromatic nitrogens is 4. The maximum atomic E-state index is 13.4. The van der Waals surface area contributed by atoms with E-state index < -0.39 is 11.2 Å². The normalized spacial score (nSPS) is 11.5. The highest BCUT2D eigenvalue weighted by Gasteiger charge is 2.25. The van der Waals surface area contributed by atoms with Crippen molar-refractivity contribution >= 4 is 17.4 Å². The first-order chi connectivity index (χ1) is 15.5. The maximum Gasteiger partial charge on any atom is 0.330 e. The lowest BCUT2D eigenvalue weighted by atomic mass is 10.1. The van der Waals surface area contributed by atoms with Gasteiger partial charge in [0.2, 0.25) is 5.91 Å². The zero-order valence-corrected chi connectivity index (χ0v) is 21.2. The summed E-state index contributed by atoms with van der Waals surface area (Å²) in [6.45, 7) is 15.8. The molecule has 0 aromatic carbocycles. The Morgan fingerprint density at radius 2 is 1.76 bits per heavy atom. The van der Waals surface area contributed by atoms with E-state index in [0.717, 1.165) is 36.3 Å². The number of amides is 1. The molecule has 0 spiro atoms. The van der Waals surface area contributed by atoms with Crippen molar-refractivity contribution in [1.82, 2.24) is 19.3 Å². The first-order valence-electron chi connectivity index (χ1n) is 11.9. The number of aryl methyl sites for hydroxylation is 1. The van der Waals surface area contributed by atoms with E-state index in [4.69, 9.17) is 5.73 Å². The van der Waals surface area contributed by atoms with Crippen LogP contribution in [-0.2, 0) is 24.3 Å². The Morgan fingerprint density at radius 3 is 2.33 bits per heavy atom. The van der Waals surface area contributed by atoms with Gasteiger partial charge in [0.1, 0.15) is 5.82 Å². The fraction of sp³-hybridized carbons (Fsp3) is 0.667. The minimum absolute atomic E-state index is 0.0408. The lowest BCUT2D eigenvalue weighted by Crippen LogP contribution is -2.42. The maximum absolute atomic E-state index is 13.4. The summed E-state index contributed by atoms with van der Waals surface area (Å²) in [6.07, 6.45) is 2.33. The van der Waals surface area contributed by atoms with Gasteiger partial charge in [-0.15, -0.1) is 0 Å². The van der Waals surface area contributed by atoms with Crippen LogP contribution in [0.25, 0.3) is 0 Å². The van der Waals surface area contributed by atoms with Gasteiger partial charge in [0.25, 0.3) is 5.56 Å². The summed E-state index contributed by atoms with van der Waals surface area (Å²) in [5, 5.41) is 4.64. The number of nitrogens with zero attached hydrogens (tertiary/aromatic N) is 4. The van der Waals surface area contributed by atoms with Crippen LogP contribution in [0.5, 0.6) is 0 Å². The molecule has 0 radical (unpaired) electrons. The van der Waals surface area contributed by atoms with Crippen LogP contribution in [0.1, 0.15) is 70.8 Å². The van der Waals surface area contributed by atoms with Gasteiger partial charge in [-0.3, -0.25) is 23.8 Å². The minimum Gasteiger partial charge on any atom is -0.383 e. The van der Waals surface area contributed by atoms with Crippen molar-refractivity contribution in [2.75, 3.05) is 17.2 Å². The van der Waals surface area contributed by atoms with Crippen LogP contribution >= 0.6 is 0 Å². The summed E-state index contributed by atoms with van der Waals surface area (Å²) in [6, 6.07) is 0. The molecular formula is C24H40N6O3. The van der Waals surface area contributed by atoms with Crippen LogP contribution in [0.2, 0.25) is 0 Å². The first kappa shape index (κ1) is 26.4. The molecule has 3 N–H and O–H groups in total. The van der Waals surface area contributed by atoms with Crippen molar-refractivity contribution in [2.24, 2.45) is 11.8 Å². The van der Waals surface area contributed by atoms with Crippen molar-refractivity contribution < 1.29 is 4.79 Å². The summed E-state index contributed by atoms with van der Waals surface area (Å²) in [4.78, 5) is 42.2. The predicted octanol–water partition coefficient (Wildman–Crippen LogP) is 3.01. The van der Waals surface area contributed by atoms with Crippen LogP contribution in [0.4, 0.5) is 11.5 Å². The second-order valence-corrected chi connectivity index (χ2v) is 9.62. The molecule has 2 aromatic rings. The molecule has 0 saturated carbocycles. The Bertz CT molecular complexity index is 1080. The standard InChI is InChI=1S/C24H40N6O3/c1-8-9-12-28(21-22(25)29(13-15(2)3)24(33)26-23(21)32)20(31)11-10-19-17(6)27-30(18(19)7)14-16(4)5/h15-16H,8-14,25H2,1-7H3,(H,26,32,33). The summed E-state index contributed by atoms with van der Waals surface area (Å²) < 4.78 is 3.34. The number of unbranched alkanes of at least 4 members (excludes halogenated alkanes) is 1. The topological polar surface area (TPSA) is 119 Å². The number of nitrogens with one attached hydrogen (secondary N) is 1. The van der Waals surface area contributed by atoms with E-state index in [9.17, 15) is 14.4 Å². The number of carbonyl (C=O) groups is 1. The number of nitrogen functional groups attached to an aromatic ring is 1. The second kappa shape index (κ2) is 11.3. The quantitative estimate of drug-likeness (QED) is 0.534. The van der Waals surface area contributed by atoms with E-state index in [1.54, 1.807) is 0 Å². The van der Waals surface area contributed by atoms with E-state index >= 15 is 0 Å². The van der Waals surface area contributed by atoms with Crippen molar-refractivity contribution in [3.05, 3.63) is 37.8 Å². The molecule has 184 valence electrons. The Hall–Kier alpha value is -2.84. The van der Waals surface area contributed by atoms with Gasteiger partial charge in [-0.05, 0) is 44.1 Å². The Kier molecular flexibility index (Phi) is 9.07. The fourth-order valence-electron chi connectivity index (χ4n) is 4.05. The molecule has 9 nitrogen and oxygen atoms in total. The Balaban J connectivity index is 2.37. The van der Waals surface area contributed by atoms with Crippen LogP contribution < -0.4 is 21.9 Å². The summed E-state index contributed by atoms with van der Waals surface area (Å²) >= 11 is 0. The van der Waals surface area contributed by atoms with Gasteiger partial charge in [-0.1, -0.05) is 41.0 Å². The number of anilines is 2. The van der Waals surface area contributed by atoms with Gasteiger partial charge in [0.15, 0.2) is 5.69 Å². The van der Waals surface area contributed by atoms with Gasteiger partial charge in [0, 0.05) is 31.7 Å². The predicted molar refractivity (Wildman–Crippen MR) is 133 cm³/mol. The third-order valence-electron chi connectivity index (χ3n) is 5.73. The SMILES string of the molecule is CCCCN(C(=O)CCc1c(C)nn(CC(C)C)c1C)c1c(N)n(CC(C)C)c(=O)[nH]c1=O. The molecule has 0 saturated heterocycles. The molecule has 9 heteroatoms. The molecular weight excluding hydrogens is 420 g/mol. The first-order valence-corrected chi connectivity index (χ1v) is 11.9. The number of hydrogen-bond acceptors (Lipinski definition) is 5. The van der Waals surface area contributed by atoms with Crippen molar-refractivity contribution in [2.45, 2.75) is 87.2 Å². The molecule has 0 unspecified atom stereocenters. The van der Waals surface area contributed by atoms with Crippen molar-refractivity contribution in [1.29, 1.82) is 0 Å². The smallest absolute Gasteiger partial charge is 0.330 e. The summed E-state index contributed by atoms with van der Waals surface area (Å²) in [5.41, 5.74) is 8.22. The van der Waals surface area contributed by atoms with E-state index in [1.807, 2.05) is 39.3 Å². The third kappa shape index (κ3) is 6.36. The Labute approximate surface area is 196 Å². The number of aromatic amines is 1. The second-order valence-electron chi connectivity index (χ2n) is 9.62. The van der Waals surface area contributed by atoms with Gasteiger partial charge in [0.05, 0.1) is 5.69 Å². The molecule has 0 bridgehead atoms. The number of H-pyrrole nitrogens is 1. The van der Waals surface area contributed by atoms with Crippen LogP contribution in [0.15, 0.2) is 9.59 Å². The fourth-order valence-corrected chi connectivity index (χ4v) is 4.05. The highest BCUT2D eigenvalue weighted by atomic mass is 16.2. The molecule has 33 heavy (non-hydrogen) atoms. The molecule has 0 aliphatic carbocycles. The highest BCUT2D eigenvalue weighted by Crippen LogP contribution is 2.22. The van der Waals surface area contributed by atoms with Crippen LogP contribution in [-0.4, -0.2) is 31.8 Å². The zero-order valence-electron chi connectivity index (χ0n) is 21.2. The average molecular weight is 461 g/mol. The molecule has 0 aliphatic rings. The van der Waals surface area contributed by atoms with Crippen LogP contribution in [0.3, 0.4) is 0 Å².